The Balaban J connectivity index is 1.64. The number of hydrogen-bond donors (Lipinski definition) is 2. The van der Waals surface area contributed by atoms with Crippen molar-refractivity contribution in [2.45, 2.75) is 18.9 Å². The number of rotatable bonds is 1. The predicted molar refractivity (Wildman–Crippen MR) is 73.3 cm³/mol. The SMILES string of the molecule is O=C(Nc1ccc2c(c1)OCCO2)N1CCC(O)CC1. The molecule has 2 aliphatic heterocycles. The van der Waals surface area contributed by atoms with E-state index in [1.807, 2.05) is 0 Å². The van der Waals surface area contributed by atoms with Crippen LogP contribution < -0.4 is 14.8 Å². The molecular weight excluding hydrogens is 260 g/mol. The first kappa shape index (κ1) is 13.1. The van der Waals surface area contributed by atoms with E-state index in [4.69, 9.17) is 9.47 Å². The molecule has 0 radical (unpaired) electrons. The first-order valence-corrected chi connectivity index (χ1v) is 6.86. The minimum Gasteiger partial charge on any atom is -0.486 e. The zero-order valence-corrected chi connectivity index (χ0v) is 11.2. The van der Waals surface area contributed by atoms with Gasteiger partial charge in [-0.05, 0) is 25.0 Å². The molecule has 6 heteroatoms. The lowest BCUT2D eigenvalue weighted by Crippen LogP contribution is -2.42. The fourth-order valence-corrected chi connectivity index (χ4v) is 2.39. The molecule has 1 fully saturated rings. The zero-order valence-electron chi connectivity index (χ0n) is 11.2. The van der Waals surface area contributed by atoms with Crippen LogP contribution in [0.15, 0.2) is 18.2 Å². The molecule has 0 bridgehead atoms. The molecule has 2 heterocycles. The quantitative estimate of drug-likeness (QED) is 0.815. The number of nitrogens with one attached hydrogen (secondary N) is 1. The molecule has 0 aromatic heterocycles. The van der Waals surface area contributed by atoms with Gasteiger partial charge >= 0.3 is 6.03 Å². The summed E-state index contributed by atoms with van der Waals surface area (Å²) in [6.07, 6.45) is 0.983. The minimum absolute atomic E-state index is 0.145. The van der Waals surface area contributed by atoms with Crippen LogP contribution in [0, 0.1) is 0 Å². The van der Waals surface area contributed by atoms with Crippen LogP contribution in [0.4, 0.5) is 10.5 Å². The van der Waals surface area contributed by atoms with Crippen molar-refractivity contribution in [3.05, 3.63) is 18.2 Å². The van der Waals surface area contributed by atoms with Gasteiger partial charge in [-0.25, -0.2) is 4.79 Å². The first-order chi connectivity index (χ1) is 9.72. The maximum Gasteiger partial charge on any atom is 0.321 e. The highest BCUT2D eigenvalue weighted by molar-refractivity contribution is 5.89. The number of hydrogen-bond acceptors (Lipinski definition) is 4. The van der Waals surface area contributed by atoms with E-state index in [1.54, 1.807) is 23.1 Å². The van der Waals surface area contributed by atoms with E-state index in [9.17, 15) is 9.90 Å². The molecule has 0 unspecified atom stereocenters. The van der Waals surface area contributed by atoms with Gasteiger partial charge in [-0.2, -0.15) is 0 Å². The van der Waals surface area contributed by atoms with E-state index >= 15 is 0 Å². The summed E-state index contributed by atoms with van der Waals surface area (Å²) in [7, 11) is 0. The number of nitrogens with zero attached hydrogens (tertiary/aromatic N) is 1. The van der Waals surface area contributed by atoms with Crippen LogP contribution >= 0.6 is 0 Å². The lowest BCUT2D eigenvalue weighted by molar-refractivity contribution is 0.0972. The van der Waals surface area contributed by atoms with Crippen molar-refractivity contribution in [2.75, 3.05) is 31.6 Å². The van der Waals surface area contributed by atoms with Gasteiger partial charge in [0.2, 0.25) is 0 Å². The summed E-state index contributed by atoms with van der Waals surface area (Å²) in [6, 6.07) is 5.22. The van der Waals surface area contributed by atoms with Crippen LogP contribution in [0.5, 0.6) is 11.5 Å². The van der Waals surface area contributed by atoms with Crippen molar-refractivity contribution >= 4 is 11.7 Å². The number of fused-ring (bicyclic) bond motifs is 1. The number of likely N-dealkylation sites (tertiary alicyclic amines) is 1. The summed E-state index contributed by atoms with van der Waals surface area (Å²) < 4.78 is 10.9. The van der Waals surface area contributed by atoms with E-state index in [1.165, 1.54) is 0 Å². The molecule has 108 valence electrons. The number of amides is 2. The lowest BCUT2D eigenvalue weighted by Gasteiger charge is -2.29. The number of aliphatic hydroxyl groups excluding tert-OH is 1. The number of carbonyl (C=O) groups is 1. The molecule has 1 saturated heterocycles. The minimum atomic E-state index is -0.284. The fourth-order valence-electron chi connectivity index (χ4n) is 2.39. The molecule has 2 N–H and O–H groups in total. The number of piperidine rings is 1. The zero-order chi connectivity index (χ0) is 13.9. The Morgan fingerprint density at radius 2 is 1.90 bits per heavy atom. The number of anilines is 1. The summed E-state index contributed by atoms with van der Waals surface area (Å²) in [5.41, 5.74) is 0.686. The fraction of sp³-hybridized carbons (Fsp3) is 0.500. The van der Waals surface area contributed by atoms with Gasteiger partial charge in [-0.1, -0.05) is 0 Å². The summed E-state index contributed by atoms with van der Waals surface area (Å²) in [4.78, 5) is 13.8. The van der Waals surface area contributed by atoms with Gasteiger partial charge in [0.15, 0.2) is 11.5 Å². The van der Waals surface area contributed by atoms with Crippen molar-refractivity contribution in [3.63, 3.8) is 0 Å². The number of aliphatic hydroxyl groups is 1. The molecule has 6 nitrogen and oxygen atoms in total. The van der Waals surface area contributed by atoms with E-state index < -0.39 is 0 Å². The highest BCUT2D eigenvalue weighted by Crippen LogP contribution is 2.32. The van der Waals surface area contributed by atoms with Crippen molar-refractivity contribution in [3.8, 4) is 11.5 Å². The highest BCUT2D eigenvalue weighted by atomic mass is 16.6. The summed E-state index contributed by atoms with van der Waals surface area (Å²) in [6.45, 7) is 2.23. The number of ether oxygens (including phenoxy) is 2. The Hall–Kier alpha value is -1.95. The lowest BCUT2D eigenvalue weighted by atomic mass is 10.1. The second kappa shape index (κ2) is 5.58. The summed E-state index contributed by atoms with van der Waals surface area (Å²) >= 11 is 0. The molecular formula is C14H18N2O4. The van der Waals surface area contributed by atoms with Crippen LogP contribution in [0.1, 0.15) is 12.8 Å². The maximum absolute atomic E-state index is 12.1. The molecule has 0 aliphatic carbocycles. The smallest absolute Gasteiger partial charge is 0.321 e. The van der Waals surface area contributed by atoms with Gasteiger partial charge in [0, 0.05) is 24.8 Å². The number of urea groups is 1. The van der Waals surface area contributed by atoms with Gasteiger partial charge in [0.25, 0.3) is 0 Å². The van der Waals surface area contributed by atoms with E-state index in [0.29, 0.717) is 56.3 Å². The monoisotopic (exact) mass is 278 g/mol. The molecule has 20 heavy (non-hydrogen) atoms. The molecule has 0 saturated carbocycles. The molecule has 0 atom stereocenters. The third kappa shape index (κ3) is 2.80. The number of carbonyl (C=O) groups excluding carboxylic acids is 1. The molecule has 3 rings (SSSR count). The molecule has 1 aromatic carbocycles. The maximum atomic E-state index is 12.1. The largest absolute Gasteiger partial charge is 0.486 e. The van der Waals surface area contributed by atoms with E-state index in [0.717, 1.165) is 0 Å². The van der Waals surface area contributed by atoms with Crippen LogP contribution in [0.3, 0.4) is 0 Å². The van der Waals surface area contributed by atoms with Gasteiger partial charge in [-0.3, -0.25) is 0 Å². The molecule has 1 aromatic rings. The van der Waals surface area contributed by atoms with Crippen molar-refractivity contribution < 1.29 is 19.4 Å². The number of benzene rings is 1. The Labute approximate surface area is 117 Å². The first-order valence-electron chi connectivity index (χ1n) is 6.86. The topological polar surface area (TPSA) is 71.0 Å². The summed E-state index contributed by atoms with van der Waals surface area (Å²) in [5.74, 6) is 1.36. The third-order valence-electron chi connectivity index (χ3n) is 3.55. The van der Waals surface area contributed by atoms with Crippen LogP contribution in [-0.4, -0.2) is 48.4 Å². The van der Waals surface area contributed by atoms with Crippen LogP contribution in [0.2, 0.25) is 0 Å². The van der Waals surface area contributed by atoms with Gasteiger partial charge in [-0.15, -0.1) is 0 Å². The Morgan fingerprint density at radius 1 is 1.20 bits per heavy atom. The Bertz CT molecular complexity index is 498. The van der Waals surface area contributed by atoms with Gasteiger partial charge < -0.3 is 24.8 Å². The van der Waals surface area contributed by atoms with Gasteiger partial charge in [0.1, 0.15) is 13.2 Å². The second-order valence-corrected chi connectivity index (χ2v) is 5.01. The van der Waals surface area contributed by atoms with Crippen molar-refractivity contribution in [1.82, 2.24) is 4.90 Å². The van der Waals surface area contributed by atoms with Gasteiger partial charge in [0.05, 0.1) is 6.10 Å². The van der Waals surface area contributed by atoms with Crippen LogP contribution in [-0.2, 0) is 0 Å². The molecule has 2 amide bonds. The highest BCUT2D eigenvalue weighted by Gasteiger charge is 2.21. The second-order valence-electron chi connectivity index (χ2n) is 5.01. The third-order valence-corrected chi connectivity index (χ3v) is 3.55. The van der Waals surface area contributed by atoms with E-state index in [2.05, 4.69) is 5.32 Å². The average Bonchev–Trinajstić information content (AvgIpc) is 2.48. The molecule has 0 spiro atoms. The van der Waals surface area contributed by atoms with E-state index in [-0.39, 0.29) is 12.1 Å². The standard InChI is InChI=1S/C14H18N2O4/c17-11-3-5-16(6-4-11)14(18)15-10-1-2-12-13(9-10)20-8-7-19-12/h1-2,9,11,17H,3-8H2,(H,15,18). The average molecular weight is 278 g/mol. The normalized spacial score (nSPS) is 18.8. The Morgan fingerprint density at radius 3 is 2.65 bits per heavy atom. The van der Waals surface area contributed by atoms with Crippen molar-refractivity contribution in [2.24, 2.45) is 0 Å². The summed E-state index contributed by atoms with van der Waals surface area (Å²) in [5, 5.41) is 12.3. The Kier molecular flexibility index (Phi) is 3.64. The predicted octanol–water partition coefficient (Wildman–Crippen LogP) is 1.45. The van der Waals surface area contributed by atoms with Crippen LogP contribution in [0.25, 0.3) is 0 Å². The molecule has 2 aliphatic rings. The van der Waals surface area contributed by atoms with Crippen molar-refractivity contribution in [1.29, 1.82) is 0 Å².